The summed E-state index contributed by atoms with van der Waals surface area (Å²) in [5, 5.41) is 13.4. The van der Waals surface area contributed by atoms with Crippen molar-refractivity contribution < 1.29 is 5.11 Å². The maximum Gasteiger partial charge on any atom is 0.145 e. The maximum absolute atomic E-state index is 9.11. The molecule has 0 fully saturated rings. The van der Waals surface area contributed by atoms with Crippen molar-refractivity contribution in [3.05, 3.63) is 41.5 Å². The van der Waals surface area contributed by atoms with Crippen molar-refractivity contribution >= 4 is 22.7 Å². The van der Waals surface area contributed by atoms with E-state index in [1.54, 1.807) is 12.5 Å². The van der Waals surface area contributed by atoms with Crippen LogP contribution in [0.1, 0.15) is 23.2 Å². The molecular weight excluding hydrogens is 290 g/mol. The second-order valence-electron chi connectivity index (χ2n) is 5.70. The monoisotopic (exact) mass is 311 g/mol. The van der Waals surface area contributed by atoms with Gasteiger partial charge in [0.05, 0.1) is 5.39 Å². The van der Waals surface area contributed by atoms with E-state index in [-0.39, 0.29) is 6.61 Å². The number of aryl methyl sites for hydroxylation is 3. The Morgan fingerprint density at radius 1 is 1.17 bits per heavy atom. The summed E-state index contributed by atoms with van der Waals surface area (Å²) in [7, 11) is 0. The third-order valence-electron chi connectivity index (χ3n) is 4.11. The van der Waals surface area contributed by atoms with Gasteiger partial charge in [0.2, 0.25) is 0 Å². The Bertz CT molecular complexity index is 840. The van der Waals surface area contributed by atoms with Gasteiger partial charge in [0.1, 0.15) is 23.6 Å². The highest BCUT2D eigenvalue weighted by molar-refractivity contribution is 5.93. The molecule has 0 aromatic carbocycles. The van der Waals surface area contributed by atoms with Crippen LogP contribution in [0.5, 0.6) is 0 Å². The smallest absolute Gasteiger partial charge is 0.145 e. The second-order valence-corrected chi connectivity index (χ2v) is 5.70. The molecule has 3 aromatic rings. The van der Waals surface area contributed by atoms with Crippen LogP contribution in [0.2, 0.25) is 0 Å². The fourth-order valence-corrected chi connectivity index (χ4v) is 2.79. The maximum atomic E-state index is 9.11. The zero-order chi connectivity index (χ0) is 16.4. The Labute approximate surface area is 135 Å². The molecular formula is C17H21N5O. The number of pyridine rings is 1. The molecule has 3 heterocycles. The Morgan fingerprint density at radius 2 is 2.00 bits per heavy atom. The quantitative estimate of drug-likeness (QED) is 0.758. The number of rotatable bonds is 5. The minimum absolute atomic E-state index is 0.168. The molecule has 23 heavy (non-hydrogen) atoms. The number of hydrogen-bond acceptors (Lipinski definition) is 5. The molecule has 0 bridgehead atoms. The Hall–Kier alpha value is -2.47. The van der Waals surface area contributed by atoms with Crippen LogP contribution in [-0.4, -0.2) is 31.2 Å². The molecule has 3 aromatic heterocycles. The molecule has 0 aliphatic carbocycles. The predicted octanol–water partition coefficient (Wildman–Crippen LogP) is 2.88. The van der Waals surface area contributed by atoms with E-state index in [0.29, 0.717) is 6.42 Å². The van der Waals surface area contributed by atoms with Crippen LogP contribution in [0.3, 0.4) is 0 Å². The molecule has 6 nitrogen and oxygen atoms in total. The first kappa shape index (κ1) is 15.4. The summed E-state index contributed by atoms with van der Waals surface area (Å²) in [5.74, 6) is 1.53. The van der Waals surface area contributed by atoms with Crippen LogP contribution in [0.15, 0.2) is 24.7 Å². The lowest BCUT2D eigenvalue weighted by atomic mass is 10.2. The van der Waals surface area contributed by atoms with Gasteiger partial charge < -0.3 is 15.0 Å². The molecule has 0 atom stereocenters. The lowest BCUT2D eigenvalue weighted by molar-refractivity contribution is 0.280. The standard InChI is InChI=1S/C17H21N5O/c1-11-5-6-18-14(9-11)21-16-15-12(2)13(3)22(7-4-8-23)17(15)20-10-19-16/h5-6,9-10,23H,4,7-8H2,1-3H3,(H,18,19,20,21). The normalized spacial score (nSPS) is 11.1. The van der Waals surface area contributed by atoms with Crippen molar-refractivity contribution in [1.29, 1.82) is 0 Å². The van der Waals surface area contributed by atoms with Crippen LogP contribution in [-0.2, 0) is 6.54 Å². The van der Waals surface area contributed by atoms with Crippen molar-refractivity contribution in [3.8, 4) is 0 Å². The molecule has 0 aliphatic heterocycles. The van der Waals surface area contributed by atoms with Gasteiger partial charge >= 0.3 is 0 Å². The molecule has 0 unspecified atom stereocenters. The summed E-state index contributed by atoms with van der Waals surface area (Å²) in [6.07, 6.45) is 4.05. The van der Waals surface area contributed by atoms with Gasteiger partial charge in [-0.3, -0.25) is 0 Å². The van der Waals surface area contributed by atoms with E-state index in [4.69, 9.17) is 5.11 Å². The largest absolute Gasteiger partial charge is 0.396 e. The minimum atomic E-state index is 0.168. The van der Waals surface area contributed by atoms with E-state index in [1.165, 1.54) is 0 Å². The van der Waals surface area contributed by atoms with Crippen molar-refractivity contribution in [1.82, 2.24) is 19.5 Å². The zero-order valence-corrected chi connectivity index (χ0v) is 13.7. The summed E-state index contributed by atoms with van der Waals surface area (Å²) < 4.78 is 2.14. The first-order valence-electron chi connectivity index (χ1n) is 7.72. The first-order chi connectivity index (χ1) is 11.1. The summed E-state index contributed by atoms with van der Waals surface area (Å²) in [4.78, 5) is 13.2. The van der Waals surface area contributed by atoms with Gasteiger partial charge in [0.25, 0.3) is 0 Å². The molecule has 6 heteroatoms. The highest BCUT2D eigenvalue weighted by atomic mass is 16.3. The summed E-state index contributed by atoms with van der Waals surface area (Å²) in [6, 6.07) is 3.94. The Morgan fingerprint density at radius 3 is 2.74 bits per heavy atom. The van der Waals surface area contributed by atoms with E-state index in [0.717, 1.165) is 46.0 Å². The number of nitrogens with zero attached hydrogens (tertiary/aromatic N) is 4. The average Bonchev–Trinajstić information content (AvgIpc) is 2.78. The van der Waals surface area contributed by atoms with Gasteiger partial charge in [-0.1, -0.05) is 0 Å². The molecule has 0 radical (unpaired) electrons. The fraction of sp³-hybridized carbons (Fsp3) is 0.353. The van der Waals surface area contributed by atoms with Gasteiger partial charge in [0.15, 0.2) is 0 Å². The van der Waals surface area contributed by atoms with E-state index >= 15 is 0 Å². The summed E-state index contributed by atoms with van der Waals surface area (Å²) in [6.45, 7) is 7.09. The molecule has 0 saturated heterocycles. The number of anilines is 2. The van der Waals surface area contributed by atoms with Gasteiger partial charge in [-0.15, -0.1) is 0 Å². The van der Waals surface area contributed by atoms with Gasteiger partial charge in [-0.2, -0.15) is 0 Å². The lowest BCUT2D eigenvalue weighted by Gasteiger charge is -2.08. The van der Waals surface area contributed by atoms with Crippen LogP contribution < -0.4 is 5.32 Å². The highest BCUT2D eigenvalue weighted by Gasteiger charge is 2.16. The van der Waals surface area contributed by atoms with Crippen molar-refractivity contribution in [2.24, 2.45) is 0 Å². The van der Waals surface area contributed by atoms with Gasteiger partial charge in [0, 0.05) is 25.0 Å². The minimum Gasteiger partial charge on any atom is -0.396 e. The van der Waals surface area contributed by atoms with Gasteiger partial charge in [-0.25, -0.2) is 15.0 Å². The number of fused-ring (bicyclic) bond motifs is 1. The number of aliphatic hydroxyl groups is 1. The van der Waals surface area contributed by atoms with Crippen LogP contribution >= 0.6 is 0 Å². The third-order valence-corrected chi connectivity index (χ3v) is 4.11. The number of hydrogen-bond donors (Lipinski definition) is 2. The van der Waals surface area contributed by atoms with Crippen molar-refractivity contribution in [2.75, 3.05) is 11.9 Å². The molecule has 0 amide bonds. The molecule has 120 valence electrons. The molecule has 0 aliphatic rings. The Kier molecular flexibility index (Phi) is 4.25. The Balaban J connectivity index is 2.08. The first-order valence-corrected chi connectivity index (χ1v) is 7.72. The number of aromatic nitrogens is 4. The van der Waals surface area contributed by atoms with Crippen molar-refractivity contribution in [2.45, 2.75) is 33.7 Å². The highest BCUT2D eigenvalue weighted by Crippen LogP contribution is 2.30. The third kappa shape index (κ3) is 2.90. The lowest BCUT2D eigenvalue weighted by Crippen LogP contribution is -2.04. The molecule has 0 saturated carbocycles. The van der Waals surface area contributed by atoms with E-state index < -0.39 is 0 Å². The topological polar surface area (TPSA) is 75.9 Å². The predicted molar refractivity (Wildman–Crippen MR) is 91.0 cm³/mol. The molecule has 0 spiro atoms. The molecule has 2 N–H and O–H groups in total. The fourth-order valence-electron chi connectivity index (χ4n) is 2.79. The number of aliphatic hydroxyl groups excluding tert-OH is 1. The second kappa shape index (κ2) is 6.34. The molecule has 3 rings (SSSR count). The van der Waals surface area contributed by atoms with Crippen LogP contribution in [0, 0.1) is 20.8 Å². The van der Waals surface area contributed by atoms with E-state index in [1.807, 2.05) is 19.1 Å². The van der Waals surface area contributed by atoms with E-state index in [9.17, 15) is 0 Å². The van der Waals surface area contributed by atoms with Crippen LogP contribution in [0.4, 0.5) is 11.6 Å². The summed E-state index contributed by atoms with van der Waals surface area (Å²) in [5.41, 5.74) is 4.32. The summed E-state index contributed by atoms with van der Waals surface area (Å²) >= 11 is 0. The van der Waals surface area contributed by atoms with Crippen LogP contribution in [0.25, 0.3) is 11.0 Å². The van der Waals surface area contributed by atoms with E-state index in [2.05, 4.69) is 38.7 Å². The average molecular weight is 311 g/mol. The zero-order valence-electron chi connectivity index (χ0n) is 13.7. The number of nitrogens with one attached hydrogen (secondary N) is 1. The van der Waals surface area contributed by atoms with Crippen molar-refractivity contribution in [3.63, 3.8) is 0 Å². The SMILES string of the molecule is Cc1ccnc(Nc2ncnc3c2c(C)c(C)n3CCCO)c1. The van der Waals surface area contributed by atoms with Gasteiger partial charge in [-0.05, 0) is 50.5 Å².